The Balaban J connectivity index is 1.50. The summed E-state index contributed by atoms with van der Waals surface area (Å²) in [4.78, 5) is 24.3. The van der Waals surface area contributed by atoms with Crippen molar-refractivity contribution in [3.05, 3.63) is 190 Å². The Labute approximate surface area is 348 Å². The van der Waals surface area contributed by atoms with Crippen molar-refractivity contribution < 1.29 is 51.7 Å². The molecule has 0 N–H and O–H groups in total. The standard InChI is InChI=1S/C47H49F2NO10/c1-2-55-45(51)40(50(52)53)28-46(48,49)47(59-33-39-26-16-7-17-27-39)44(58-32-38-24-14-6-15-25-38)43(57-31-37-22-12-5-13-23-37)42(56-30-36-20-10-4-11-21-36)41(60-47)34-54-29-35-18-8-3-9-19-35/h3-27,40-44H,2,28-34H2,1H3/t40?,41-,42+,43+,44-,47-/m1/s1. The maximum atomic E-state index is 17.9. The van der Waals surface area contributed by atoms with Crippen LogP contribution in [0.5, 0.6) is 0 Å². The number of esters is 1. The van der Waals surface area contributed by atoms with Crippen LogP contribution in [-0.4, -0.2) is 66.3 Å². The molecule has 1 saturated heterocycles. The van der Waals surface area contributed by atoms with Gasteiger partial charge >= 0.3 is 17.9 Å². The van der Waals surface area contributed by atoms with Crippen LogP contribution in [0.15, 0.2) is 152 Å². The molecule has 316 valence electrons. The fourth-order valence-corrected chi connectivity index (χ4v) is 6.99. The van der Waals surface area contributed by atoms with Crippen LogP contribution in [0.1, 0.15) is 41.2 Å². The molecule has 0 saturated carbocycles. The first kappa shape index (κ1) is 44.2. The molecule has 6 rings (SSSR count). The topological polar surface area (TPSA) is 125 Å². The average molecular weight is 826 g/mol. The highest BCUT2D eigenvalue weighted by Crippen LogP contribution is 2.49. The van der Waals surface area contributed by atoms with Gasteiger partial charge in [0, 0.05) is 4.92 Å². The van der Waals surface area contributed by atoms with Gasteiger partial charge in [-0.15, -0.1) is 0 Å². The second kappa shape index (κ2) is 21.7. The minimum absolute atomic E-state index is 0.0289. The zero-order valence-electron chi connectivity index (χ0n) is 33.3. The third-order valence-corrected chi connectivity index (χ3v) is 10.00. The van der Waals surface area contributed by atoms with Gasteiger partial charge in [-0.2, -0.15) is 0 Å². The molecule has 0 spiro atoms. The molecule has 1 unspecified atom stereocenters. The van der Waals surface area contributed by atoms with Gasteiger partial charge in [0.1, 0.15) is 24.4 Å². The van der Waals surface area contributed by atoms with Gasteiger partial charge in [-0.3, -0.25) is 10.1 Å². The lowest BCUT2D eigenvalue weighted by atomic mass is 9.85. The fraction of sp³-hybridized carbons (Fsp3) is 0.340. The molecule has 0 radical (unpaired) electrons. The number of carbonyl (C=O) groups is 1. The molecule has 5 aromatic rings. The van der Waals surface area contributed by atoms with E-state index in [9.17, 15) is 14.9 Å². The van der Waals surface area contributed by atoms with Gasteiger partial charge in [0.05, 0.1) is 52.7 Å². The Bertz CT molecular complexity index is 2030. The van der Waals surface area contributed by atoms with E-state index in [-0.39, 0.29) is 39.6 Å². The molecule has 60 heavy (non-hydrogen) atoms. The van der Waals surface area contributed by atoms with Crippen LogP contribution in [0.2, 0.25) is 0 Å². The van der Waals surface area contributed by atoms with Crippen LogP contribution >= 0.6 is 0 Å². The first-order valence-corrected chi connectivity index (χ1v) is 19.8. The number of hydrogen-bond acceptors (Lipinski definition) is 10. The zero-order chi connectivity index (χ0) is 42.2. The van der Waals surface area contributed by atoms with Gasteiger partial charge in [0.15, 0.2) is 0 Å². The Kier molecular flexibility index (Phi) is 16.0. The van der Waals surface area contributed by atoms with Gasteiger partial charge in [-0.05, 0) is 34.7 Å². The molecule has 1 fully saturated rings. The SMILES string of the molecule is CCOC(=O)C(CC(F)(F)[C@]1(OCc2ccccc2)O[C@H](COCc2ccccc2)[C@H](OCc2ccccc2)[C@H](OCc2ccccc2)[C@H]1OCc1ccccc1)[N+](=O)[O-]. The summed E-state index contributed by atoms with van der Waals surface area (Å²) in [6.07, 6.45) is -7.34. The molecule has 0 aromatic heterocycles. The van der Waals surface area contributed by atoms with Crippen LogP contribution < -0.4 is 0 Å². The van der Waals surface area contributed by atoms with Crippen molar-refractivity contribution in [2.45, 2.75) is 88.5 Å². The second-order valence-corrected chi connectivity index (χ2v) is 14.3. The minimum atomic E-state index is -4.33. The highest BCUT2D eigenvalue weighted by molar-refractivity contribution is 5.74. The Hall–Kier alpha value is -5.41. The van der Waals surface area contributed by atoms with Crippen LogP contribution in [0, 0.1) is 10.1 Å². The number of carbonyl (C=O) groups excluding carboxylic acids is 1. The first-order chi connectivity index (χ1) is 29.2. The Morgan fingerprint density at radius 3 is 1.53 bits per heavy atom. The summed E-state index contributed by atoms with van der Waals surface area (Å²) in [5.41, 5.74) is 3.45. The molecule has 11 nitrogen and oxygen atoms in total. The molecular weight excluding hydrogens is 777 g/mol. The van der Waals surface area contributed by atoms with Gasteiger partial charge in [-0.25, -0.2) is 13.6 Å². The van der Waals surface area contributed by atoms with Crippen LogP contribution in [-0.2, 0) is 71.0 Å². The Morgan fingerprint density at radius 1 is 0.667 bits per heavy atom. The highest BCUT2D eigenvalue weighted by Gasteiger charge is 2.71. The van der Waals surface area contributed by atoms with E-state index in [1.165, 1.54) is 6.92 Å². The van der Waals surface area contributed by atoms with Crippen molar-refractivity contribution in [1.82, 2.24) is 0 Å². The van der Waals surface area contributed by atoms with E-state index >= 15 is 8.78 Å². The number of ether oxygens (including phenoxy) is 7. The molecule has 5 aromatic carbocycles. The number of hydrogen-bond donors (Lipinski definition) is 0. The molecular formula is C47H49F2NO10. The van der Waals surface area contributed by atoms with E-state index in [1.807, 2.05) is 91.0 Å². The summed E-state index contributed by atoms with van der Waals surface area (Å²) < 4.78 is 79.8. The predicted molar refractivity (Wildman–Crippen MR) is 217 cm³/mol. The normalized spacial score (nSPS) is 20.9. The maximum Gasteiger partial charge on any atom is 0.381 e. The quantitative estimate of drug-likeness (QED) is 0.0381. The molecule has 1 heterocycles. The van der Waals surface area contributed by atoms with E-state index < -0.39 is 66.1 Å². The van der Waals surface area contributed by atoms with Gasteiger partial charge < -0.3 is 33.2 Å². The van der Waals surface area contributed by atoms with Crippen LogP contribution in [0.3, 0.4) is 0 Å². The van der Waals surface area contributed by atoms with Crippen molar-refractivity contribution >= 4 is 5.97 Å². The number of benzene rings is 5. The van der Waals surface area contributed by atoms with E-state index in [2.05, 4.69) is 0 Å². The van der Waals surface area contributed by atoms with Crippen molar-refractivity contribution in [2.24, 2.45) is 0 Å². The summed E-state index contributed by atoms with van der Waals surface area (Å²) in [6.45, 7) is 0.262. The number of alkyl halides is 2. The number of nitrogens with zero attached hydrogens (tertiary/aromatic N) is 1. The van der Waals surface area contributed by atoms with Gasteiger partial charge in [-0.1, -0.05) is 152 Å². The molecule has 13 heteroatoms. The number of nitro groups is 1. The van der Waals surface area contributed by atoms with Crippen molar-refractivity contribution in [1.29, 1.82) is 0 Å². The molecule has 0 aliphatic carbocycles. The zero-order valence-corrected chi connectivity index (χ0v) is 33.3. The molecule has 1 aliphatic heterocycles. The van der Waals surface area contributed by atoms with Gasteiger partial charge in [0.25, 0.3) is 5.79 Å². The fourth-order valence-electron chi connectivity index (χ4n) is 6.99. The molecule has 0 bridgehead atoms. The highest BCUT2D eigenvalue weighted by atomic mass is 19.3. The first-order valence-electron chi connectivity index (χ1n) is 19.8. The molecule has 6 atom stereocenters. The van der Waals surface area contributed by atoms with Gasteiger partial charge in [0.2, 0.25) is 0 Å². The van der Waals surface area contributed by atoms with E-state index in [0.29, 0.717) is 11.1 Å². The number of rotatable bonds is 22. The summed E-state index contributed by atoms with van der Waals surface area (Å²) in [7, 11) is 0. The van der Waals surface area contributed by atoms with Crippen molar-refractivity contribution in [3.8, 4) is 0 Å². The second-order valence-electron chi connectivity index (χ2n) is 14.3. The van der Waals surface area contributed by atoms with E-state index in [4.69, 9.17) is 33.2 Å². The summed E-state index contributed by atoms with van der Waals surface area (Å²) >= 11 is 0. The van der Waals surface area contributed by atoms with Crippen molar-refractivity contribution in [3.63, 3.8) is 0 Å². The van der Waals surface area contributed by atoms with E-state index in [0.717, 1.165) is 16.7 Å². The van der Waals surface area contributed by atoms with Crippen LogP contribution in [0.25, 0.3) is 0 Å². The monoisotopic (exact) mass is 825 g/mol. The Morgan fingerprint density at radius 2 is 1.08 bits per heavy atom. The van der Waals surface area contributed by atoms with Crippen LogP contribution in [0.4, 0.5) is 8.78 Å². The lowest BCUT2D eigenvalue weighted by molar-refractivity contribution is -0.523. The maximum absolute atomic E-state index is 17.9. The third-order valence-electron chi connectivity index (χ3n) is 10.00. The summed E-state index contributed by atoms with van der Waals surface area (Å²) in [5.74, 6) is -8.90. The van der Waals surface area contributed by atoms with Crippen molar-refractivity contribution in [2.75, 3.05) is 13.2 Å². The minimum Gasteiger partial charge on any atom is -0.461 e. The predicted octanol–water partition coefficient (Wildman–Crippen LogP) is 8.51. The summed E-state index contributed by atoms with van der Waals surface area (Å²) in [6, 6.07) is 42.7. The molecule has 0 amide bonds. The molecule has 1 aliphatic rings. The lowest BCUT2D eigenvalue weighted by Gasteiger charge is -2.54. The smallest absolute Gasteiger partial charge is 0.381 e. The number of halogens is 2. The average Bonchev–Trinajstić information content (AvgIpc) is 3.27. The third kappa shape index (κ3) is 11.7. The largest absolute Gasteiger partial charge is 0.461 e. The van der Waals surface area contributed by atoms with E-state index in [1.54, 1.807) is 60.7 Å². The lowest BCUT2D eigenvalue weighted by Crippen LogP contribution is -2.74. The summed E-state index contributed by atoms with van der Waals surface area (Å²) in [5, 5.41) is 12.4.